The number of aromatic carboxylic acids is 1. The molecule has 0 bridgehead atoms. The van der Waals surface area contributed by atoms with Gasteiger partial charge in [0.1, 0.15) is 0 Å². The lowest BCUT2D eigenvalue weighted by molar-refractivity contribution is -0.408. The van der Waals surface area contributed by atoms with Crippen LogP contribution in [0.15, 0.2) is 35.4 Å². The summed E-state index contributed by atoms with van der Waals surface area (Å²) in [6.07, 6.45) is -9.44. The van der Waals surface area contributed by atoms with Crippen LogP contribution < -0.4 is 0 Å². The zero-order chi connectivity index (χ0) is 31.2. The molecule has 11 heteroatoms. The van der Waals surface area contributed by atoms with Gasteiger partial charge in [0.15, 0.2) is 5.79 Å². The van der Waals surface area contributed by atoms with E-state index in [4.69, 9.17) is 9.47 Å². The highest BCUT2D eigenvalue weighted by Crippen LogP contribution is 2.66. The van der Waals surface area contributed by atoms with Gasteiger partial charge in [-0.1, -0.05) is 38.5 Å². The van der Waals surface area contributed by atoms with Crippen LogP contribution in [0.2, 0.25) is 0 Å². The van der Waals surface area contributed by atoms with Gasteiger partial charge in [0.2, 0.25) is 0 Å². The number of allylic oxidation sites excluding steroid dienone is 1. The zero-order valence-corrected chi connectivity index (χ0v) is 24.6. The van der Waals surface area contributed by atoms with E-state index in [1.807, 2.05) is 0 Å². The molecule has 5 aliphatic rings. The maximum atomic E-state index is 14.2. The van der Waals surface area contributed by atoms with Gasteiger partial charge in [-0.3, -0.25) is 0 Å². The summed E-state index contributed by atoms with van der Waals surface area (Å²) in [7, 11) is 0. The van der Waals surface area contributed by atoms with Crippen LogP contribution in [0.3, 0.4) is 0 Å². The number of carboxylic acid groups (broad SMARTS) is 1. The summed E-state index contributed by atoms with van der Waals surface area (Å²) in [6.45, 7) is 6.86. The number of benzene rings is 1. The van der Waals surface area contributed by atoms with Crippen LogP contribution in [0, 0.1) is 22.7 Å². The number of alkyl halides is 5. The molecule has 0 amide bonds. The summed E-state index contributed by atoms with van der Waals surface area (Å²) < 4.78 is 85.1. The molecule has 0 radical (unpaired) electrons. The van der Waals surface area contributed by atoms with Gasteiger partial charge in [0.25, 0.3) is 0 Å². The minimum Gasteiger partial charge on any atom is -0.478 e. The number of hydrogen-bond donors (Lipinski definition) is 2. The van der Waals surface area contributed by atoms with Crippen LogP contribution >= 0.6 is 0 Å². The van der Waals surface area contributed by atoms with Crippen molar-refractivity contribution in [2.24, 2.45) is 22.7 Å². The van der Waals surface area contributed by atoms with Crippen LogP contribution in [0.1, 0.15) is 94.0 Å². The van der Waals surface area contributed by atoms with Crippen molar-refractivity contribution in [2.75, 3.05) is 13.2 Å². The van der Waals surface area contributed by atoms with E-state index in [0.717, 1.165) is 16.7 Å². The lowest BCUT2D eigenvalue weighted by atomic mass is 9.51. The molecule has 1 saturated heterocycles. The third kappa shape index (κ3) is 5.12. The number of carboxylic acids is 1. The van der Waals surface area contributed by atoms with Crippen molar-refractivity contribution < 1.29 is 51.2 Å². The molecule has 1 spiro atoms. The van der Waals surface area contributed by atoms with Gasteiger partial charge in [-0.15, -0.1) is 0 Å². The van der Waals surface area contributed by atoms with Gasteiger partial charge in [-0.05, 0) is 79.0 Å². The molecule has 4 aliphatic carbocycles. The lowest BCUT2D eigenvalue weighted by Gasteiger charge is -2.57. The largest absolute Gasteiger partial charge is 0.482 e. The first-order chi connectivity index (χ1) is 19.9. The second-order valence-electron chi connectivity index (χ2n) is 14.4. The van der Waals surface area contributed by atoms with Gasteiger partial charge in [-0.2, -0.15) is 22.0 Å². The minimum absolute atomic E-state index is 0.0709. The molecular weight excluding hydrogens is 575 g/mol. The minimum atomic E-state index is -5.83. The zero-order valence-electron chi connectivity index (χ0n) is 24.6. The van der Waals surface area contributed by atoms with E-state index < -0.39 is 47.1 Å². The number of rotatable bonds is 4. The van der Waals surface area contributed by atoms with E-state index in [1.165, 1.54) is 12.1 Å². The Labute approximate surface area is 247 Å². The molecule has 3 saturated carbocycles. The number of carbonyl (C=O) groups is 1. The topological polar surface area (TPSA) is 85.2 Å². The quantitative estimate of drug-likeness (QED) is 0.275. The van der Waals surface area contributed by atoms with Crippen molar-refractivity contribution in [1.82, 2.24) is 0 Å². The summed E-state index contributed by atoms with van der Waals surface area (Å²) in [5.41, 5.74) is 0.359. The molecule has 6 unspecified atom stereocenters. The summed E-state index contributed by atoms with van der Waals surface area (Å²) in [4.78, 5) is 11.5. The Bertz CT molecular complexity index is 1300. The fourth-order valence-electron chi connectivity index (χ4n) is 8.80. The fourth-order valence-corrected chi connectivity index (χ4v) is 8.80. The third-order valence-corrected chi connectivity index (χ3v) is 11.0. The molecule has 43 heavy (non-hydrogen) atoms. The predicted octanol–water partition coefficient (Wildman–Crippen LogP) is 7.22. The smallest absolute Gasteiger partial charge is 0.478 e. The van der Waals surface area contributed by atoms with Crippen molar-refractivity contribution in [3.63, 3.8) is 0 Å². The second kappa shape index (κ2) is 9.96. The Balaban J connectivity index is 1.40. The molecule has 4 fully saturated rings. The van der Waals surface area contributed by atoms with Gasteiger partial charge < -0.3 is 24.4 Å². The van der Waals surface area contributed by atoms with E-state index in [0.29, 0.717) is 45.3 Å². The van der Waals surface area contributed by atoms with Gasteiger partial charge in [0, 0.05) is 24.2 Å². The van der Waals surface area contributed by atoms with Crippen LogP contribution in [-0.4, -0.2) is 59.2 Å². The highest BCUT2D eigenvalue weighted by Gasteiger charge is 2.66. The first-order valence-corrected chi connectivity index (χ1v) is 15.1. The van der Waals surface area contributed by atoms with Crippen molar-refractivity contribution >= 4 is 5.97 Å². The van der Waals surface area contributed by atoms with Crippen molar-refractivity contribution in [1.29, 1.82) is 0 Å². The summed E-state index contributed by atoms with van der Waals surface area (Å²) >= 11 is 0. The number of halogens is 5. The van der Waals surface area contributed by atoms with Gasteiger partial charge >= 0.3 is 18.3 Å². The summed E-state index contributed by atoms with van der Waals surface area (Å²) in [5.74, 6) is -2.77. The first kappa shape index (κ1) is 30.9. The first-order valence-electron chi connectivity index (χ1n) is 15.1. The second-order valence-corrected chi connectivity index (χ2v) is 14.4. The van der Waals surface area contributed by atoms with E-state index in [-0.39, 0.29) is 42.1 Å². The Morgan fingerprint density at radius 3 is 2.23 bits per heavy atom. The van der Waals surface area contributed by atoms with Crippen LogP contribution in [-0.2, 0) is 14.2 Å². The molecule has 0 aromatic heterocycles. The molecule has 1 heterocycles. The average Bonchev–Trinajstić information content (AvgIpc) is 3.24. The number of ether oxygens (including phenoxy) is 3. The van der Waals surface area contributed by atoms with Crippen molar-refractivity contribution in [3.8, 4) is 0 Å². The normalized spacial score (nSPS) is 37.0. The van der Waals surface area contributed by atoms with E-state index in [1.54, 1.807) is 19.1 Å². The Kier molecular flexibility index (Phi) is 7.16. The third-order valence-electron chi connectivity index (χ3n) is 11.0. The van der Waals surface area contributed by atoms with Crippen LogP contribution in [0.5, 0.6) is 0 Å². The maximum absolute atomic E-state index is 14.2. The molecule has 1 aromatic rings. The molecule has 238 valence electrons. The number of hydrogen-bond acceptors (Lipinski definition) is 5. The molecule has 1 aliphatic heterocycles. The highest BCUT2D eigenvalue weighted by atomic mass is 19.4. The molecule has 1 aromatic carbocycles. The maximum Gasteiger partial charge on any atom is 0.482 e. The fraction of sp³-hybridized carbons (Fsp3) is 0.719. The Morgan fingerprint density at radius 2 is 1.63 bits per heavy atom. The average molecular weight is 615 g/mol. The Morgan fingerprint density at radius 1 is 0.977 bits per heavy atom. The predicted molar refractivity (Wildman–Crippen MR) is 144 cm³/mol. The Hall–Kier alpha value is -2.08. The molecule has 2 N–H and O–H groups in total. The van der Waals surface area contributed by atoms with E-state index in [2.05, 4.69) is 18.6 Å². The van der Waals surface area contributed by atoms with Crippen LogP contribution in [0.25, 0.3) is 0 Å². The SMILES string of the molecule is CC1(C)COC2(CCC3=C4C(c5ccc(C(=O)O)cc5)CC5(C)C(OC(F)(F)C(F)(F)F)CCC5C4CCC3(O)C2)OC1. The van der Waals surface area contributed by atoms with Crippen LogP contribution in [0.4, 0.5) is 22.0 Å². The van der Waals surface area contributed by atoms with Crippen molar-refractivity contribution in [3.05, 3.63) is 46.5 Å². The number of fused-ring (bicyclic) bond motifs is 4. The number of aliphatic hydroxyl groups is 1. The van der Waals surface area contributed by atoms with Gasteiger partial charge in [0.05, 0.1) is 30.5 Å². The standard InChI is InChI=1S/C32H39F5O6/c1-27(2)16-41-30(42-17-27)13-11-23-25-20(10-12-29(23,40)15-30)22-8-9-24(43-32(36,37)31(33,34)35)28(22,3)14-21(25)18-4-6-19(7-5-18)26(38)39/h4-7,20-22,24,40H,8-17H2,1-3H3,(H,38,39). The highest BCUT2D eigenvalue weighted by molar-refractivity contribution is 5.87. The molecule has 6 nitrogen and oxygen atoms in total. The molecule has 6 atom stereocenters. The van der Waals surface area contributed by atoms with Gasteiger partial charge in [-0.25, -0.2) is 4.79 Å². The summed E-state index contributed by atoms with van der Waals surface area (Å²) in [6, 6.07) is 6.32. The van der Waals surface area contributed by atoms with E-state index >= 15 is 0 Å². The molecular formula is C32H39F5O6. The molecule has 6 rings (SSSR count). The van der Waals surface area contributed by atoms with E-state index in [9.17, 15) is 37.0 Å². The monoisotopic (exact) mass is 614 g/mol. The summed E-state index contributed by atoms with van der Waals surface area (Å²) in [5, 5.41) is 21.7. The lowest BCUT2D eigenvalue weighted by Crippen LogP contribution is -2.57. The van der Waals surface area contributed by atoms with Crippen molar-refractivity contribution in [2.45, 2.75) is 108 Å².